The summed E-state index contributed by atoms with van der Waals surface area (Å²) >= 11 is 5.56. The fraction of sp³-hybridized carbons (Fsp3) is 0.300. The van der Waals surface area contributed by atoms with Gasteiger partial charge in [0.1, 0.15) is 11.6 Å². The molecule has 88 valence electrons. The number of aliphatic carboxylic acids is 1. The lowest BCUT2D eigenvalue weighted by atomic mass is 10.0. The zero-order valence-corrected chi connectivity index (χ0v) is 9.04. The SMILES string of the molecule is NC(CCC(=O)O)c1cc(F)cc(Cl)c1O. The molecule has 0 fully saturated rings. The van der Waals surface area contributed by atoms with Gasteiger partial charge in [0.2, 0.25) is 0 Å². The molecule has 16 heavy (non-hydrogen) atoms. The number of benzene rings is 1. The second-order valence-electron chi connectivity index (χ2n) is 3.36. The van der Waals surface area contributed by atoms with Crippen LogP contribution in [0.25, 0.3) is 0 Å². The molecule has 4 N–H and O–H groups in total. The maximum absolute atomic E-state index is 13.0. The first kappa shape index (κ1) is 12.7. The molecule has 0 bridgehead atoms. The normalized spacial score (nSPS) is 12.4. The maximum atomic E-state index is 13.0. The van der Waals surface area contributed by atoms with Gasteiger partial charge in [-0.15, -0.1) is 0 Å². The van der Waals surface area contributed by atoms with E-state index in [4.69, 9.17) is 22.4 Å². The van der Waals surface area contributed by atoms with Gasteiger partial charge in [0, 0.05) is 18.0 Å². The fourth-order valence-corrected chi connectivity index (χ4v) is 1.52. The topological polar surface area (TPSA) is 83.6 Å². The zero-order chi connectivity index (χ0) is 12.3. The third-order valence-electron chi connectivity index (χ3n) is 2.13. The third kappa shape index (κ3) is 3.08. The molecule has 1 rings (SSSR count). The van der Waals surface area contributed by atoms with E-state index < -0.39 is 17.8 Å². The number of phenols is 1. The summed E-state index contributed by atoms with van der Waals surface area (Å²) in [5, 5.41) is 17.9. The number of rotatable bonds is 4. The first-order valence-electron chi connectivity index (χ1n) is 4.57. The lowest BCUT2D eigenvalue weighted by Crippen LogP contribution is -2.12. The van der Waals surface area contributed by atoms with Crippen LogP contribution in [-0.4, -0.2) is 16.2 Å². The number of carboxylic acid groups (broad SMARTS) is 1. The number of aromatic hydroxyl groups is 1. The molecule has 0 aromatic heterocycles. The molecule has 0 aliphatic carbocycles. The summed E-state index contributed by atoms with van der Waals surface area (Å²) in [7, 11) is 0. The van der Waals surface area contributed by atoms with Crippen molar-refractivity contribution in [1.29, 1.82) is 0 Å². The molecule has 0 saturated heterocycles. The van der Waals surface area contributed by atoms with E-state index in [1.54, 1.807) is 0 Å². The number of carbonyl (C=O) groups is 1. The van der Waals surface area contributed by atoms with Gasteiger partial charge in [-0.05, 0) is 18.6 Å². The first-order valence-corrected chi connectivity index (χ1v) is 4.95. The Morgan fingerprint density at radius 2 is 2.19 bits per heavy atom. The van der Waals surface area contributed by atoms with E-state index in [9.17, 15) is 14.3 Å². The van der Waals surface area contributed by atoms with Gasteiger partial charge in [-0.25, -0.2) is 4.39 Å². The Kier molecular flexibility index (Phi) is 4.09. The Balaban J connectivity index is 2.90. The summed E-state index contributed by atoms with van der Waals surface area (Å²) in [6.45, 7) is 0. The van der Waals surface area contributed by atoms with E-state index in [1.165, 1.54) is 0 Å². The van der Waals surface area contributed by atoms with Crippen molar-refractivity contribution < 1.29 is 19.4 Å². The molecule has 6 heteroatoms. The monoisotopic (exact) mass is 247 g/mol. The van der Waals surface area contributed by atoms with Gasteiger partial charge in [0.25, 0.3) is 0 Å². The van der Waals surface area contributed by atoms with Crippen LogP contribution in [0.1, 0.15) is 24.4 Å². The van der Waals surface area contributed by atoms with Crippen LogP contribution in [0, 0.1) is 5.82 Å². The molecule has 0 aliphatic rings. The summed E-state index contributed by atoms with van der Waals surface area (Å²) < 4.78 is 13.0. The number of carboxylic acids is 1. The Hall–Kier alpha value is -1.33. The number of hydrogen-bond acceptors (Lipinski definition) is 3. The molecule has 1 unspecified atom stereocenters. The van der Waals surface area contributed by atoms with Gasteiger partial charge in [0.05, 0.1) is 5.02 Å². The van der Waals surface area contributed by atoms with Crippen molar-refractivity contribution in [2.75, 3.05) is 0 Å². The number of hydrogen-bond donors (Lipinski definition) is 3. The van der Waals surface area contributed by atoms with Gasteiger partial charge in [-0.3, -0.25) is 4.79 Å². The fourth-order valence-electron chi connectivity index (χ4n) is 1.30. The lowest BCUT2D eigenvalue weighted by molar-refractivity contribution is -0.137. The highest BCUT2D eigenvalue weighted by Gasteiger charge is 2.16. The highest BCUT2D eigenvalue weighted by molar-refractivity contribution is 6.32. The van der Waals surface area contributed by atoms with Crippen molar-refractivity contribution in [3.05, 3.63) is 28.5 Å². The molecule has 1 aromatic carbocycles. The summed E-state index contributed by atoms with van der Waals surface area (Å²) in [6.07, 6.45) is -0.0581. The molecule has 0 radical (unpaired) electrons. The van der Waals surface area contributed by atoms with E-state index in [2.05, 4.69) is 0 Å². The Labute approximate surface area is 96.4 Å². The van der Waals surface area contributed by atoms with Crippen LogP contribution in [0.5, 0.6) is 5.75 Å². The minimum Gasteiger partial charge on any atom is -0.506 e. The van der Waals surface area contributed by atoms with E-state index >= 15 is 0 Å². The number of nitrogens with two attached hydrogens (primary N) is 1. The van der Waals surface area contributed by atoms with Crippen molar-refractivity contribution >= 4 is 17.6 Å². The van der Waals surface area contributed by atoms with Crippen molar-refractivity contribution in [3.8, 4) is 5.75 Å². The largest absolute Gasteiger partial charge is 0.506 e. The van der Waals surface area contributed by atoms with E-state index in [0.717, 1.165) is 12.1 Å². The number of halogens is 2. The van der Waals surface area contributed by atoms with Crippen molar-refractivity contribution in [1.82, 2.24) is 0 Å². The predicted molar refractivity (Wildman–Crippen MR) is 56.9 cm³/mol. The molecule has 0 heterocycles. The molecular formula is C10H11ClFNO3. The summed E-state index contributed by atoms with van der Waals surface area (Å²) in [4.78, 5) is 10.3. The van der Waals surface area contributed by atoms with Gasteiger partial charge in [-0.2, -0.15) is 0 Å². The van der Waals surface area contributed by atoms with Gasteiger partial charge in [-0.1, -0.05) is 11.6 Å². The predicted octanol–water partition coefficient (Wildman–Crippen LogP) is 2.05. The number of phenolic OH excluding ortho intramolecular Hbond substituents is 1. The van der Waals surface area contributed by atoms with Crippen molar-refractivity contribution in [2.45, 2.75) is 18.9 Å². The zero-order valence-electron chi connectivity index (χ0n) is 8.28. The van der Waals surface area contributed by atoms with E-state index in [1.807, 2.05) is 0 Å². The second-order valence-corrected chi connectivity index (χ2v) is 3.77. The first-order chi connectivity index (χ1) is 7.41. The molecule has 0 amide bonds. The smallest absolute Gasteiger partial charge is 0.303 e. The molecule has 0 saturated carbocycles. The van der Waals surface area contributed by atoms with Crippen LogP contribution in [-0.2, 0) is 4.79 Å². The highest BCUT2D eigenvalue weighted by Crippen LogP contribution is 2.33. The van der Waals surface area contributed by atoms with Crippen LogP contribution in [0.15, 0.2) is 12.1 Å². The lowest BCUT2D eigenvalue weighted by Gasteiger charge is -2.13. The van der Waals surface area contributed by atoms with Gasteiger partial charge < -0.3 is 15.9 Å². The molecule has 0 aliphatic heterocycles. The minimum absolute atomic E-state index is 0.0999. The summed E-state index contributed by atoms with van der Waals surface area (Å²) in [6, 6.07) is 1.25. The van der Waals surface area contributed by atoms with E-state index in [0.29, 0.717) is 0 Å². The Morgan fingerprint density at radius 3 is 2.75 bits per heavy atom. The Morgan fingerprint density at radius 1 is 1.56 bits per heavy atom. The molecule has 1 aromatic rings. The van der Waals surface area contributed by atoms with Crippen LogP contribution < -0.4 is 5.73 Å². The average Bonchev–Trinajstić information content (AvgIpc) is 2.19. The van der Waals surface area contributed by atoms with Crippen LogP contribution in [0.4, 0.5) is 4.39 Å². The Bertz CT molecular complexity index is 411. The third-order valence-corrected chi connectivity index (χ3v) is 2.41. The average molecular weight is 248 g/mol. The van der Waals surface area contributed by atoms with Crippen LogP contribution in [0.2, 0.25) is 5.02 Å². The van der Waals surface area contributed by atoms with Crippen LogP contribution >= 0.6 is 11.6 Å². The molecule has 1 atom stereocenters. The van der Waals surface area contributed by atoms with Crippen LogP contribution in [0.3, 0.4) is 0 Å². The van der Waals surface area contributed by atoms with Crippen molar-refractivity contribution in [3.63, 3.8) is 0 Å². The standard InChI is InChI=1S/C10H11ClFNO3/c11-7-4-5(12)3-6(10(7)16)8(13)1-2-9(14)15/h3-4,8,16H,1-2,13H2,(H,14,15). The second kappa shape index (κ2) is 5.14. The van der Waals surface area contributed by atoms with Gasteiger partial charge in [0.15, 0.2) is 0 Å². The minimum atomic E-state index is -1.00. The molecule has 4 nitrogen and oxygen atoms in total. The van der Waals surface area contributed by atoms with E-state index in [-0.39, 0.29) is 29.2 Å². The maximum Gasteiger partial charge on any atom is 0.303 e. The molecule has 0 spiro atoms. The molecular weight excluding hydrogens is 237 g/mol. The van der Waals surface area contributed by atoms with Crippen molar-refractivity contribution in [2.24, 2.45) is 5.73 Å². The summed E-state index contributed by atoms with van der Waals surface area (Å²) in [5.74, 6) is -1.93. The summed E-state index contributed by atoms with van der Waals surface area (Å²) in [5.41, 5.74) is 5.75. The van der Waals surface area contributed by atoms with Gasteiger partial charge >= 0.3 is 5.97 Å². The quantitative estimate of drug-likeness (QED) is 0.760. The highest BCUT2D eigenvalue weighted by atomic mass is 35.5.